The summed E-state index contributed by atoms with van der Waals surface area (Å²) in [5, 5.41) is 7.13. The molecule has 1 rings (SSSR count). The van der Waals surface area contributed by atoms with Crippen molar-refractivity contribution in [3.05, 3.63) is 44.9 Å². The van der Waals surface area contributed by atoms with Crippen molar-refractivity contribution in [1.29, 1.82) is 0 Å². The van der Waals surface area contributed by atoms with Crippen molar-refractivity contribution in [3.63, 3.8) is 0 Å². The Labute approximate surface area is 205 Å². The van der Waals surface area contributed by atoms with Crippen molar-refractivity contribution in [2.24, 2.45) is 0 Å². The van der Waals surface area contributed by atoms with Gasteiger partial charge in [0.25, 0.3) is 0 Å². The second-order valence-corrected chi connectivity index (χ2v) is 8.47. The third-order valence-corrected chi connectivity index (χ3v) is 5.46. The minimum Gasteiger partial charge on any atom is -0.321 e. The Kier molecular flexibility index (Phi) is 24.3. The number of terminal acetylenes is 1. The number of allylic oxidation sites excluding steroid dienone is 1. The molecule has 2 N–H and O–H groups in total. The van der Waals surface area contributed by atoms with Crippen LogP contribution in [0.5, 0.6) is 0 Å². The molecule has 0 bridgehead atoms. The molecule has 0 aliphatic rings. The quantitative estimate of drug-likeness (QED) is 0.129. The molecule has 0 unspecified atom stereocenters. The Balaban J connectivity index is 0. The lowest BCUT2D eigenvalue weighted by Crippen LogP contribution is -2.15. The third-order valence-electron chi connectivity index (χ3n) is 3.83. The number of halogens is 2. The summed E-state index contributed by atoms with van der Waals surface area (Å²) in [5.41, 5.74) is 0.949. The first kappa shape index (κ1) is 32.1. The van der Waals surface area contributed by atoms with Crippen LogP contribution in [0.1, 0.15) is 78.7 Å². The third kappa shape index (κ3) is 20.5. The molecule has 0 aliphatic heterocycles. The van der Waals surface area contributed by atoms with Gasteiger partial charge in [-0.3, -0.25) is 4.79 Å². The number of hydrogen-bond acceptors (Lipinski definition) is 4. The van der Waals surface area contributed by atoms with E-state index >= 15 is 0 Å². The molecule has 0 amide bonds. The number of carbonyl (C=O) groups excluding carboxylic acids is 1. The molecule has 31 heavy (non-hydrogen) atoms. The molecule has 0 fully saturated rings. The van der Waals surface area contributed by atoms with E-state index in [1.165, 1.54) is 76.5 Å². The lowest BCUT2D eigenvalue weighted by atomic mass is 10.1. The molecule has 1 aromatic rings. The predicted octanol–water partition coefficient (Wildman–Crippen LogP) is 7.82. The standard InChI is InChI=1S/C13H11Cl2NOS.C10H23N.C2H6/c1-3-16-7-13(9(2)17)18-8-10-4-11(14)6-12(15)5-10;1-3-5-6-7-8-10-11-9-4-2;1-2/h1,4-7,16H,8H2,2H3;11H,3-10H2,1-2H3;1-2H3/b13-7-;;. The second-order valence-electron chi connectivity index (χ2n) is 6.58. The summed E-state index contributed by atoms with van der Waals surface area (Å²) in [5.74, 6) is 0.550. The number of rotatable bonds is 13. The molecule has 6 heteroatoms. The van der Waals surface area contributed by atoms with Gasteiger partial charge >= 0.3 is 0 Å². The van der Waals surface area contributed by atoms with Crippen LogP contribution in [-0.4, -0.2) is 18.9 Å². The Morgan fingerprint density at radius 1 is 1.03 bits per heavy atom. The Morgan fingerprint density at radius 3 is 2.16 bits per heavy atom. The van der Waals surface area contributed by atoms with Crippen LogP contribution < -0.4 is 10.6 Å². The van der Waals surface area contributed by atoms with Crippen molar-refractivity contribution in [2.45, 2.75) is 78.9 Å². The summed E-state index contributed by atoms with van der Waals surface area (Å²) >= 11 is 13.2. The molecular formula is C25H40Cl2N2OS. The molecule has 1 aromatic carbocycles. The fourth-order valence-corrected chi connectivity index (χ4v) is 3.77. The van der Waals surface area contributed by atoms with Gasteiger partial charge in [0.1, 0.15) is 0 Å². The zero-order valence-electron chi connectivity index (χ0n) is 19.8. The minimum absolute atomic E-state index is 0.0455. The number of thioether (sulfide) groups is 1. The van der Waals surface area contributed by atoms with E-state index in [9.17, 15) is 4.79 Å². The summed E-state index contributed by atoms with van der Waals surface area (Å²) < 4.78 is 0. The molecular weight excluding hydrogens is 447 g/mol. The summed E-state index contributed by atoms with van der Waals surface area (Å²) in [6.07, 6.45) is 14.8. The van der Waals surface area contributed by atoms with E-state index in [1.54, 1.807) is 6.07 Å². The van der Waals surface area contributed by atoms with Gasteiger partial charge in [0, 0.05) is 28.0 Å². The van der Waals surface area contributed by atoms with E-state index in [4.69, 9.17) is 29.6 Å². The smallest absolute Gasteiger partial charge is 0.167 e. The fraction of sp³-hybridized carbons (Fsp3) is 0.560. The van der Waals surface area contributed by atoms with Crippen molar-refractivity contribution >= 4 is 40.7 Å². The van der Waals surface area contributed by atoms with Gasteiger partial charge in [-0.1, -0.05) is 83.0 Å². The maximum Gasteiger partial charge on any atom is 0.167 e. The van der Waals surface area contributed by atoms with E-state index < -0.39 is 0 Å². The van der Waals surface area contributed by atoms with E-state index in [0.717, 1.165) is 5.56 Å². The predicted molar refractivity (Wildman–Crippen MR) is 142 cm³/mol. The summed E-state index contributed by atoms with van der Waals surface area (Å²) in [4.78, 5) is 11.9. The van der Waals surface area contributed by atoms with Gasteiger partial charge in [-0.15, -0.1) is 11.8 Å². The molecule has 3 nitrogen and oxygen atoms in total. The molecule has 0 spiro atoms. The number of benzene rings is 1. The number of carbonyl (C=O) groups is 1. The second kappa shape index (κ2) is 23.5. The molecule has 0 aromatic heterocycles. The van der Waals surface area contributed by atoms with Crippen LogP contribution in [0.25, 0.3) is 0 Å². The average molecular weight is 488 g/mol. The van der Waals surface area contributed by atoms with Gasteiger partial charge in [0.15, 0.2) is 5.78 Å². The maximum absolute atomic E-state index is 11.4. The summed E-state index contributed by atoms with van der Waals surface area (Å²) in [7, 11) is 0. The van der Waals surface area contributed by atoms with E-state index in [2.05, 4.69) is 30.5 Å². The molecule has 0 heterocycles. The Morgan fingerprint density at radius 2 is 1.65 bits per heavy atom. The largest absolute Gasteiger partial charge is 0.321 e. The van der Waals surface area contributed by atoms with E-state index in [0.29, 0.717) is 20.7 Å². The first-order valence-corrected chi connectivity index (χ1v) is 12.9. The number of unbranched alkanes of at least 4 members (excludes halogenated alkanes) is 4. The van der Waals surface area contributed by atoms with Crippen LogP contribution in [-0.2, 0) is 10.5 Å². The first-order valence-electron chi connectivity index (χ1n) is 11.1. The van der Waals surface area contributed by atoms with Crippen molar-refractivity contribution < 1.29 is 4.79 Å². The normalized spacial score (nSPS) is 10.2. The topological polar surface area (TPSA) is 41.1 Å². The van der Waals surface area contributed by atoms with Crippen LogP contribution >= 0.6 is 35.0 Å². The number of ketones is 1. The summed E-state index contributed by atoms with van der Waals surface area (Å²) in [6.45, 7) is 12.4. The van der Waals surface area contributed by atoms with Crippen LogP contribution in [0, 0.1) is 12.5 Å². The number of hydrogen-bond donors (Lipinski definition) is 2. The highest BCUT2D eigenvalue weighted by Gasteiger charge is 2.06. The fourth-order valence-electron chi connectivity index (χ4n) is 2.36. The lowest BCUT2D eigenvalue weighted by molar-refractivity contribution is -0.112. The highest BCUT2D eigenvalue weighted by atomic mass is 35.5. The van der Waals surface area contributed by atoms with Crippen LogP contribution in [0.4, 0.5) is 0 Å². The van der Waals surface area contributed by atoms with Gasteiger partial charge in [-0.2, -0.15) is 0 Å². The molecule has 0 radical (unpaired) electrons. The maximum atomic E-state index is 11.4. The number of nitrogens with one attached hydrogen (secondary N) is 2. The Bertz CT molecular complexity index is 629. The van der Waals surface area contributed by atoms with Gasteiger partial charge < -0.3 is 10.6 Å². The van der Waals surface area contributed by atoms with E-state index in [1.807, 2.05) is 26.0 Å². The molecule has 0 aliphatic carbocycles. The summed E-state index contributed by atoms with van der Waals surface area (Å²) in [6, 6.07) is 7.53. The van der Waals surface area contributed by atoms with Gasteiger partial charge in [0.05, 0.1) is 4.91 Å². The molecule has 0 atom stereocenters. The zero-order valence-corrected chi connectivity index (χ0v) is 22.2. The van der Waals surface area contributed by atoms with Crippen LogP contribution in [0.3, 0.4) is 0 Å². The van der Waals surface area contributed by atoms with Crippen molar-refractivity contribution in [1.82, 2.24) is 10.6 Å². The molecule has 0 saturated heterocycles. The zero-order chi connectivity index (χ0) is 23.9. The highest BCUT2D eigenvalue weighted by Crippen LogP contribution is 2.26. The Hall–Kier alpha value is -1.12. The monoisotopic (exact) mass is 486 g/mol. The SMILES string of the molecule is C#CN/C=C(\SCc1cc(Cl)cc(Cl)c1)C(C)=O.CC.CCCCCCCNCCC. The minimum atomic E-state index is -0.0455. The molecule has 176 valence electrons. The highest BCUT2D eigenvalue weighted by molar-refractivity contribution is 8.03. The first-order chi connectivity index (χ1) is 14.9. The van der Waals surface area contributed by atoms with Crippen LogP contribution in [0.15, 0.2) is 29.3 Å². The van der Waals surface area contributed by atoms with Crippen LogP contribution in [0.2, 0.25) is 10.0 Å². The van der Waals surface area contributed by atoms with Gasteiger partial charge in [-0.25, -0.2) is 0 Å². The van der Waals surface area contributed by atoms with E-state index in [-0.39, 0.29) is 5.78 Å². The molecule has 0 saturated carbocycles. The number of Topliss-reactive ketones (excluding diaryl/α,β-unsaturated/α-hetero) is 1. The lowest BCUT2D eigenvalue weighted by Gasteiger charge is -2.05. The van der Waals surface area contributed by atoms with Gasteiger partial charge in [0.2, 0.25) is 0 Å². The average Bonchev–Trinajstić information content (AvgIpc) is 2.74. The van der Waals surface area contributed by atoms with Gasteiger partial charge in [-0.05, 0) is 56.6 Å². The van der Waals surface area contributed by atoms with Crippen molar-refractivity contribution in [3.8, 4) is 12.5 Å². The van der Waals surface area contributed by atoms with Crippen molar-refractivity contribution in [2.75, 3.05) is 13.1 Å².